The van der Waals surface area contributed by atoms with Crippen molar-refractivity contribution in [3.63, 3.8) is 0 Å². The fourth-order valence-electron chi connectivity index (χ4n) is 3.70. The SMILES string of the molecule is C[C@@H]1CN(c2cccc(Cl)c2)c2nc3c(c(=O)n(CC(=O)NN)c(=O)n3C)n2C1. The van der Waals surface area contributed by atoms with Crippen LogP contribution < -0.4 is 27.4 Å². The first kappa shape index (κ1) is 19.2. The minimum atomic E-state index is -0.643. The smallest absolute Gasteiger partial charge is 0.312 e. The number of amides is 1. The van der Waals surface area contributed by atoms with E-state index in [1.54, 1.807) is 10.6 Å². The number of hydrogen-bond acceptors (Lipinski definition) is 6. The Morgan fingerprint density at radius 3 is 2.79 bits per heavy atom. The Bertz CT molecular complexity index is 1240. The lowest BCUT2D eigenvalue weighted by Gasteiger charge is -2.33. The van der Waals surface area contributed by atoms with E-state index in [1.165, 1.54) is 11.6 Å². The molecule has 0 unspecified atom stereocenters. The molecule has 1 amide bonds. The maximum atomic E-state index is 13.1. The predicted octanol–water partition coefficient (Wildman–Crippen LogP) is 0.328. The average Bonchev–Trinajstić information content (AvgIpc) is 3.08. The van der Waals surface area contributed by atoms with Crippen molar-refractivity contribution in [2.75, 3.05) is 11.4 Å². The number of nitrogens with zero attached hydrogens (tertiary/aromatic N) is 5. The molecule has 1 aliphatic rings. The average molecular weight is 418 g/mol. The van der Waals surface area contributed by atoms with Gasteiger partial charge in [-0.3, -0.25) is 19.6 Å². The Kier molecular flexibility index (Phi) is 4.67. The molecule has 3 N–H and O–H groups in total. The summed E-state index contributed by atoms with van der Waals surface area (Å²) in [5, 5.41) is 0.589. The second-order valence-electron chi connectivity index (χ2n) is 7.19. The number of benzene rings is 1. The van der Waals surface area contributed by atoms with Crippen molar-refractivity contribution in [1.29, 1.82) is 0 Å². The van der Waals surface area contributed by atoms with Gasteiger partial charge in [-0.25, -0.2) is 15.2 Å². The maximum Gasteiger partial charge on any atom is 0.332 e. The van der Waals surface area contributed by atoms with Gasteiger partial charge in [0.15, 0.2) is 11.2 Å². The Morgan fingerprint density at radius 1 is 1.34 bits per heavy atom. The highest BCUT2D eigenvalue weighted by atomic mass is 35.5. The van der Waals surface area contributed by atoms with Crippen LogP contribution in [0.3, 0.4) is 0 Å². The summed E-state index contributed by atoms with van der Waals surface area (Å²) in [6.07, 6.45) is 0. The van der Waals surface area contributed by atoms with Crippen LogP contribution in [0.1, 0.15) is 6.92 Å². The summed E-state index contributed by atoms with van der Waals surface area (Å²) in [6, 6.07) is 7.37. The molecule has 152 valence electrons. The minimum Gasteiger partial charge on any atom is -0.312 e. The van der Waals surface area contributed by atoms with Crippen LogP contribution in [0.5, 0.6) is 0 Å². The molecule has 0 aliphatic carbocycles. The number of nitrogens with one attached hydrogen (secondary N) is 1. The number of imidazole rings is 1. The molecule has 0 radical (unpaired) electrons. The summed E-state index contributed by atoms with van der Waals surface area (Å²) in [4.78, 5) is 44.0. The molecule has 0 bridgehead atoms. The van der Waals surface area contributed by atoms with Gasteiger partial charge in [-0.05, 0) is 24.1 Å². The number of carbonyl (C=O) groups excluding carboxylic acids is 1. The number of anilines is 2. The van der Waals surface area contributed by atoms with Gasteiger partial charge in [0.1, 0.15) is 6.54 Å². The molecule has 4 rings (SSSR count). The zero-order valence-corrected chi connectivity index (χ0v) is 16.7. The summed E-state index contributed by atoms with van der Waals surface area (Å²) < 4.78 is 3.93. The van der Waals surface area contributed by atoms with Crippen LogP contribution in [0.15, 0.2) is 33.9 Å². The Labute approximate surface area is 170 Å². The minimum absolute atomic E-state index is 0.205. The molecule has 3 aromatic rings. The normalized spacial score (nSPS) is 16.1. The van der Waals surface area contributed by atoms with E-state index in [0.29, 0.717) is 24.1 Å². The fraction of sp³-hybridized carbons (Fsp3) is 0.333. The lowest BCUT2D eigenvalue weighted by molar-refractivity contribution is -0.121. The van der Waals surface area contributed by atoms with Gasteiger partial charge in [0.25, 0.3) is 11.5 Å². The molecular formula is C18H20ClN7O3. The van der Waals surface area contributed by atoms with Gasteiger partial charge in [0.2, 0.25) is 5.95 Å². The van der Waals surface area contributed by atoms with Gasteiger partial charge in [-0.1, -0.05) is 24.6 Å². The highest BCUT2D eigenvalue weighted by Crippen LogP contribution is 2.33. The standard InChI is InChI=1S/C18H20ClN7O3/c1-10-7-24(12-5-3-4-11(19)6-12)17-21-15-14(25(17)8-10)16(28)26(9-13(27)22-20)18(29)23(15)2/h3-6,10H,7-9,20H2,1-2H3,(H,22,27)/t10-/m1/s1. The fourth-order valence-corrected chi connectivity index (χ4v) is 3.88. The van der Waals surface area contributed by atoms with E-state index in [2.05, 4.69) is 11.9 Å². The predicted molar refractivity (Wildman–Crippen MR) is 109 cm³/mol. The third kappa shape index (κ3) is 3.10. The first-order valence-corrected chi connectivity index (χ1v) is 9.42. The van der Waals surface area contributed by atoms with E-state index >= 15 is 0 Å². The van der Waals surface area contributed by atoms with Crippen LogP contribution in [0.4, 0.5) is 11.6 Å². The first-order chi connectivity index (χ1) is 13.8. The molecule has 0 saturated carbocycles. The summed E-state index contributed by atoms with van der Waals surface area (Å²) in [6.45, 7) is 2.83. The highest BCUT2D eigenvalue weighted by molar-refractivity contribution is 6.30. The zero-order valence-electron chi connectivity index (χ0n) is 15.9. The number of hydrazine groups is 1. The molecule has 2 aromatic heterocycles. The van der Waals surface area contributed by atoms with Gasteiger partial charge in [0.05, 0.1) is 0 Å². The largest absolute Gasteiger partial charge is 0.332 e. The number of fused-ring (bicyclic) bond motifs is 3. The number of halogens is 1. The number of carbonyl (C=O) groups is 1. The van der Waals surface area contributed by atoms with Gasteiger partial charge in [-0.15, -0.1) is 0 Å². The molecule has 1 atom stereocenters. The summed E-state index contributed by atoms with van der Waals surface area (Å²) >= 11 is 6.16. The Morgan fingerprint density at radius 2 is 2.10 bits per heavy atom. The van der Waals surface area contributed by atoms with Crippen LogP contribution in [0.25, 0.3) is 11.2 Å². The molecule has 10 nitrogen and oxygen atoms in total. The number of nitrogens with two attached hydrogens (primary N) is 1. The number of rotatable bonds is 3. The summed E-state index contributed by atoms with van der Waals surface area (Å²) in [7, 11) is 1.52. The van der Waals surface area contributed by atoms with Crippen LogP contribution in [-0.2, 0) is 24.9 Å². The van der Waals surface area contributed by atoms with Crippen LogP contribution in [0.2, 0.25) is 5.02 Å². The second-order valence-corrected chi connectivity index (χ2v) is 7.63. The van der Waals surface area contributed by atoms with E-state index in [-0.39, 0.29) is 17.1 Å². The van der Waals surface area contributed by atoms with Crippen LogP contribution in [0, 0.1) is 5.92 Å². The third-order valence-electron chi connectivity index (χ3n) is 5.02. The third-order valence-corrected chi connectivity index (χ3v) is 5.26. The molecule has 3 heterocycles. The van der Waals surface area contributed by atoms with Crippen molar-refractivity contribution in [3.8, 4) is 0 Å². The molecule has 1 aromatic carbocycles. The van der Waals surface area contributed by atoms with Gasteiger partial charge < -0.3 is 9.47 Å². The first-order valence-electron chi connectivity index (χ1n) is 9.04. The molecule has 0 saturated heterocycles. The van der Waals surface area contributed by atoms with Crippen molar-refractivity contribution < 1.29 is 4.79 Å². The van der Waals surface area contributed by atoms with E-state index in [4.69, 9.17) is 17.4 Å². The van der Waals surface area contributed by atoms with E-state index in [9.17, 15) is 14.4 Å². The van der Waals surface area contributed by atoms with Crippen molar-refractivity contribution in [2.24, 2.45) is 18.8 Å². The topological polar surface area (TPSA) is 120 Å². The van der Waals surface area contributed by atoms with Gasteiger partial charge >= 0.3 is 5.69 Å². The second kappa shape index (κ2) is 7.05. The van der Waals surface area contributed by atoms with Crippen LogP contribution in [-0.4, -0.2) is 31.1 Å². The lowest BCUT2D eigenvalue weighted by atomic mass is 10.1. The maximum absolute atomic E-state index is 13.1. The highest BCUT2D eigenvalue weighted by Gasteiger charge is 2.30. The van der Waals surface area contributed by atoms with Gasteiger partial charge in [0, 0.05) is 30.8 Å². The quantitative estimate of drug-likeness (QED) is 0.360. The molecule has 0 fully saturated rings. The van der Waals surface area contributed by atoms with Gasteiger partial charge in [-0.2, -0.15) is 4.98 Å². The molecule has 11 heteroatoms. The van der Waals surface area contributed by atoms with Crippen molar-refractivity contribution in [2.45, 2.75) is 20.0 Å². The Hall–Kier alpha value is -3.11. The zero-order chi connectivity index (χ0) is 20.9. The summed E-state index contributed by atoms with van der Waals surface area (Å²) in [5.41, 5.74) is 2.10. The lowest BCUT2D eigenvalue weighted by Crippen LogP contribution is -2.45. The molecular weight excluding hydrogens is 398 g/mol. The number of hydrogen-bond donors (Lipinski definition) is 2. The molecule has 0 spiro atoms. The monoisotopic (exact) mass is 417 g/mol. The number of aromatic nitrogens is 4. The van der Waals surface area contributed by atoms with E-state index in [0.717, 1.165) is 10.3 Å². The van der Waals surface area contributed by atoms with Crippen molar-refractivity contribution in [3.05, 3.63) is 50.1 Å². The molecule has 1 aliphatic heterocycles. The molecule has 29 heavy (non-hydrogen) atoms. The van der Waals surface area contributed by atoms with Crippen molar-refractivity contribution >= 4 is 40.3 Å². The van der Waals surface area contributed by atoms with Crippen molar-refractivity contribution in [1.82, 2.24) is 24.1 Å². The number of aryl methyl sites for hydroxylation is 1. The van der Waals surface area contributed by atoms with E-state index in [1.807, 2.05) is 28.5 Å². The van der Waals surface area contributed by atoms with E-state index < -0.39 is 23.7 Å². The Balaban J connectivity index is 1.99. The summed E-state index contributed by atoms with van der Waals surface area (Å²) in [5.74, 6) is 5.23. The van der Waals surface area contributed by atoms with Crippen LogP contribution >= 0.6 is 11.6 Å².